The Morgan fingerprint density at radius 3 is 3.00 bits per heavy atom. The number of H-pyrrole nitrogens is 1. The molecular formula is C14H18N2O2S. The van der Waals surface area contributed by atoms with E-state index >= 15 is 0 Å². The molecule has 1 N–H and O–H groups in total. The summed E-state index contributed by atoms with van der Waals surface area (Å²) in [4.78, 5) is 21.8. The fraction of sp³-hybridized carbons (Fsp3) is 0.571. The maximum absolute atomic E-state index is 12.3. The second kappa shape index (κ2) is 4.42. The number of ether oxygens (including phenoxy) is 1. The topological polar surface area (TPSA) is 55.0 Å². The molecule has 4 nitrogen and oxygen atoms in total. The highest BCUT2D eigenvalue weighted by Crippen LogP contribution is 2.36. The molecule has 0 atom stereocenters. The van der Waals surface area contributed by atoms with Gasteiger partial charge in [-0.15, -0.1) is 11.3 Å². The van der Waals surface area contributed by atoms with Gasteiger partial charge in [-0.25, -0.2) is 4.98 Å². The molecule has 0 fully saturated rings. The van der Waals surface area contributed by atoms with Crippen LogP contribution < -0.4 is 5.56 Å². The van der Waals surface area contributed by atoms with Gasteiger partial charge in [0.05, 0.1) is 17.6 Å². The SMILES string of the molecule is CCCc1nc2sc3c(c2c(=O)[nH]1)CC(C)(C)OC3. The van der Waals surface area contributed by atoms with E-state index in [1.54, 1.807) is 11.3 Å². The lowest BCUT2D eigenvalue weighted by Gasteiger charge is -2.29. The fourth-order valence-corrected chi connectivity index (χ4v) is 3.67. The molecule has 102 valence electrons. The Labute approximate surface area is 115 Å². The third-order valence-electron chi connectivity index (χ3n) is 3.48. The summed E-state index contributed by atoms with van der Waals surface area (Å²) in [5, 5.41) is 0.774. The molecule has 2 aromatic heterocycles. The molecule has 0 radical (unpaired) electrons. The Balaban J connectivity index is 2.19. The van der Waals surface area contributed by atoms with Crippen LogP contribution in [0.1, 0.15) is 43.5 Å². The lowest BCUT2D eigenvalue weighted by molar-refractivity contribution is -0.0379. The zero-order chi connectivity index (χ0) is 13.6. The van der Waals surface area contributed by atoms with Gasteiger partial charge in [0, 0.05) is 17.7 Å². The Morgan fingerprint density at radius 1 is 1.47 bits per heavy atom. The van der Waals surface area contributed by atoms with Crippen molar-refractivity contribution in [1.29, 1.82) is 0 Å². The summed E-state index contributed by atoms with van der Waals surface area (Å²) >= 11 is 1.60. The van der Waals surface area contributed by atoms with E-state index in [1.807, 2.05) is 0 Å². The maximum atomic E-state index is 12.3. The number of aromatic nitrogens is 2. The first kappa shape index (κ1) is 12.8. The van der Waals surface area contributed by atoms with Crippen LogP contribution in [0, 0.1) is 0 Å². The normalized spacial score (nSPS) is 17.6. The van der Waals surface area contributed by atoms with E-state index in [-0.39, 0.29) is 11.2 Å². The molecule has 0 aliphatic carbocycles. The summed E-state index contributed by atoms with van der Waals surface area (Å²) in [6.07, 6.45) is 2.58. The van der Waals surface area contributed by atoms with Crippen LogP contribution in [0.5, 0.6) is 0 Å². The van der Waals surface area contributed by atoms with Crippen LogP contribution in [0.2, 0.25) is 0 Å². The summed E-state index contributed by atoms with van der Waals surface area (Å²) < 4.78 is 5.81. The molecule has 2 aromatic rings. The van der Waals surface area contributed by atoms with E-state index in [1.165, 1.54) is 0 Å². The van der Waals surface area contributed by atoms with Crippen LogP contribution in [-0.2, 0) is 24.2 Å². The first-order valence-corrected chi connectivity index (χ1v) is 7.49. The number of hydrogen-bond acceptors (Lipinski definition) is 4. The number of nitrogens with zero attached hydrogens (tertiary/aromatic N) is 1. The molecule has 5 heteroatoms. The van der Waals surface area contributed by atoms with Crippen LogP contribution in [0.4, 0.5) is 0 Å². The van der Waals surface area contributed by atoms with Crippen molar-refractivity contribution >= 4 is 21.6 Å². The first-order chi connectivity index (χ1) is 9.00. The van der Waals surface area contributed by atoms with E-state index in [9.17, 15) is 4.79 Å². The summed E-state index contributed by atoms with van der Waals surface area (Å²) in [7, 11) is 0. The summed E-state index contributed by atoms with van der Waals surface area (Å²) in [6, 6.07) is 0. The summed E-state index contributed by atoms with van der Waals surface area (Å²) in [5.74, 6) is 0.791. The van der Waals surface area contributed by atoms with E-state index < -0.39 is 0 Å². The van der Waals surface area contributed by atoms with Crippen molar-refractivity contribution in [3.05, 3.63) is 26.6 Å². The van der Waals surface area contributed by atoms with Gasteiger partial charge in [0.2, 0.25) is 0 Å². The molecule has 0 saturated carbocycles. The first-order valence-electron chi connectivity index (χ1n) is 6.67. The van der Waals surface area contributed by atoms with Gasteiger partial charge in [0.25, 0.3) is 5.56 Å². The lowest BCUT2D eigenvalue weighted by Crippen LogP contribution is -2.31. The number of hydrogen-bond donors (Lipinski definition) is 1. The molecular weight excluding hydrogens is 260 g/mol. The second-order valence-corrected chi connectivity index (χ2v) is 6.76. The average molecular weight is 278 g/mol. The van der Waals surface area contributed by atoms with Crippen molar-refractivity contribution in [2.75, 3.05) is 0 Å². The van der Waals surface area contributed by atoms with Crippen molar-refractivity contribution in [1.82, 2.24) is 9.97 Å². The van der Waals surface area contributed by atoms with E-state index in [0.717, 1.165) is 45.7 Å². The Kier molecular flexibility index (Phi) is 2.98. The number of fused-ring (bicyclic) bond motifs is 3. The van der Waals surface area contributed by atoms with Gasteiger partial charge in [0.15, 0.2) is 0 Å². The van der Waals surface area contributed by atoms with Crippen molar-refractivity contribution in [3.63, 3.8) is 0 Å². The minimum atomic E-state index is -0.199. The lowest BCUT2D eigenvalue weighted by atomic mass is 9.94. The molecule has 1 aliphatic rings. The molecule has 0 bridgehead atoms. The largest absolute Gasteiger partial charge is 0.370 e. The van der Waals surface area contributed by atoms with Crippen LogP contribution >= 0.6 is 11.3 Å². The smallest absolute Gasteiger partial charge is 0.259 e. The van der Waals surface area contributed by atoms with E-state index in [2.05, 4.69) is 30.7 Å². The van der Waals surface area contributed by atoms with Gasteiger partial charge in [-0.05, 0) is 25.8 Å². The zero-order valence-electron chi connectivity index (χ0n) is 11.5. The second-order valence-electron chi connectivity index (χ2n) is 5.67. The molecule has 0 amide bonds. The highest BCUT2D eigenvalue weighted by Gasteiger charge is 2.30. The maximum Gasteiger partial charge on any atom is 0.259 e. The van der Waals surface area contributed by atoms with Crippen molar-refractivity contribution in [2.45, 2.75) is 52.2 Å². The molecule has 0 saturated heterocycles. The Bertz CT molecular complexity index is 685. The predicted octanol–water partition coefficient (Wildman–Crippen LogP) is 2.79. The Hall–Kier alpha value is -1.20. The van der Waals surface area contributed by atoms with Gasteiger partial charge in [-0.1, -0.05) is 6.92 Å². The van der Waals surface area contributed by atoms with Crippen LogP contribution in [0.3, 0.4) is 0 Å². The fourth-order valence-electron chi connectivity index (χ4n) is 2.55. The molecule has 1 aliphatic heterocycles. The minimum absolute atomic E-state index is 0.00338. The predicted molar refractivity (Wildman–Crippen MR) is 76.8 cm³/mol. The quantitative estimate of drug-likeness (QED) is 0.919. The Morgan fingerprint density at radius 2 is 2.26 bits per heavy atom. The average Bonchev–Trinajstić information content (AvgIpc) is 2.66. The molecule has 0 unspecified atom stereocenters. The molecule has 0 aromatic carbocycles. The van der Waals surface area contributed by atoms with Crippen molar-refractivity contribution in [2.24, 2.45) is 0 Å². The standard InChI is InChI=1S/C14H18N2O2S/c1-4-5-10-15-12(17)11-8-6-14(2,3)18-7-9(8)19-13(11)16-10/h4-7H2,1-3H3,(H,15,16,17). The minimum Gasteiger partial charge on any atom is -0.370 e. The van der Waals surface area contributed by atoms with Gasteiger partial charge < -0.3 is 9.72 Å². The highest BCUT2D eigenvalue weighted by molar-refractivity contribution is 7.18. The zero-order valence-corrected chi connectivity index (χ0v) is 12.3. The van der Waals surface area contributed by atoms with Crippen molar-refractivity contribution in [3.8, 4) is 0 Å². The van der Waals surface area contributed by atoms with E-state index in [0.29, 0.717) is 6.61 Å². The van der Waals surface area contributed by atoms with Crippen molar-refractivity contribution < 1.29 is 4.74 Å². The van der Waals surface area contributed by atoms with Crippen LogP contribution in [0.15, 0.2) is 4.79 Å². The number of nitrogens with one attached hydrogen (secondary N) is 1. The number of aryl methyl sites for hydroxylation is 1. The van der Waals surface area contributed by atoms with E-state index in [4.69, 9.17) is 4.74 Å². The molecule has 0 spiro atoms. The van der Waals surface area contributed by atoms with Gasteiger partial charge in [-0.2, -0.15) is 0 Å². The number of aromatic amines is 1. The number of rotatable bonds is 2. The van der Waals surface area contributed by atoms with Gasteiger partial charge in [0.1, 0.15) is 10.7 Å². The summed E-state index contributed by atoms with van der Waals surface area (Å²) in [5.41, 5.74) is 0.937. The third kappa shape index (κ3) is 2.21. The number of thiophene rings is 1. The molecule has 3 rings (SSSR count). The van der Waals surface area contributed by atoms with Crippen LogP contribution in [-0.4, -0.2) is 15.6 Å². The highest BCUT2D eigenvalue weighted by atomic mass is 32.1. The summed E-state index contributed by atoms with van der Waals surface area (Å²) in [6.45, 7) is 6.80. The molecule has 3 heterocycles. The monoisotopic (exact) mass is 278 g/mol. The third-order valence-corrected chi connectivity index (χ3v) is 4.58. The van der Waals surface area contributed by atoms with Gasteiger partial charge in [-0.3, -0.25) is 4.79 Å². The van der Waals surface area contributed by atoms with Crippen LogP contribution in [0.25, 0.3) is 10.2 Å². The molecule has 19 heavy (non-hydrogen) atoms. The van der Waals surface area contributed by atoms with Gasteiger partial charge >= 0.3 is 0 Å².